The fraction of sp³-hybridized carbons (Fsp3) is 0.857. The van der Waals surface area contributed by atoms with Crippen LogP contribution in [0, 0.1) is 28.6 Å². The predicted molar refractivity (Wildman–Crippen MR) is 91.9 cm³/mol. The molecule has 6 atom stereocenters. The van der Waals surface area contributed by atoms with E-state index in [4.69, 9.17) is 4.74 Å². The highest BCUT2D eigenvalue weighted by Gasteiger charge is 2.57. The topological polar surface area (TPSA) is 26.3 Å². The summed E-state index contributed by atoms with van der Waals surface area (Å²) < 4.78 is 20.6. The van der Waals surface area contributed by atoms with Gasteiger partial charge in [-0.2, -0.15) is 0 Å². The maximum atomic E-state index is 15.2. The van der Waals surface area contributed by atoms with Gasteiger partial charge in [0.1, 0.15) is 11.9 Å². The summed E-state index contributed by atoms with van der Waals surface area (Å²) in [6.07, 6.45) is 9.53. The molecule has 3 heteroatoms. The average molecular weight is 334 g/mol. The number of carbonyl (C=O) groups excluding carboxylic acids is 1. The van der Waals surface area contributed by atoms with Crippen molar-refractivity contribution in [1.29, 1.82) is 0 Å². The highest BCUT2D eigenvalue weighted by atomic mass is 19.1. The van der Waals surface area contributed by atoms with Crippen molar-refractivity contribution in [3.63, 3.8) is 0 Å². The van der Waals surface area contributed by atoms with Crippen molar-refractivity contribution >= 4 is 5.97 Å². The van der Waals surface area contributed by atoms with Crippen LogP contribution in [0.15, 0.2) is 11.4 Å². The molecule has 0 aromatic heterocycles. The van der Waals surface area contributed by atoms with Crippen molar-refractivity contribution in [2.24, 2.45) is 28.6 Å². The van der Waals surface area contributed by atoms with Crippen molar-refractivity contribution in [3.8, 4) is 0 Å². The molecular weight excluding hydrogens is 303 g/mol. The summed E-state index contributed by atoms with van der Waals surface area (Å²) in [5.41, 5.74) is 1.44. The SMILES string of the molecule is CC(=O)O[C@@H]1CC[C@@]2(C)C(=C(F)C[C@@H]3[C@H]4CCC[C@@]4(C)CC[C@H]32)C1. The summed E-state index contributed by atoms with van der Waals surface area (Å²) in [7, 11) is 0. The highest BCUT2D eigenvalue weighted by Crippen LogP contribution is 2.66. The average Bonchev–Trinajstić information content (AvgIpc) is 2.90. The number of rotatable bonds is 1. The summed E-state index contributed by atoms with van der Waals surface area (Å²) in [4.78, 5) is 11.3. The normalized spacial score (nSPS) is 47.7. The first-order valence-electron chi connectivity index (χ1n) is 9.89. The molecule has 0 spiro atoms. The number of hydrogen-bond donors (Lipinski definition) is 0. The lowest BCUT2D eigenvalue weighted by Crippen LogP contribution is -2.50. The lowest BCUT2D eigenvalue weighted by Gasteiger charge is -2.57. The van der Waals surface area contributed by atoms with Gasteiger partial charge in [0.05, 0.1) is 0 Å². The molecule has 0 saturated heterocycles. The second kappa shape index (κ2) is 5.57. The van der Waals surface area contributed by atoms with E-state index in [2.05, 4.69) is 13.8 Å². The predicted octanol–water partition coefficient (Wildman–Crippen LogP) is 5.57. The van der Waals surface area contributed by atoms with E-state index in [1.54, 1.807) is 0 Å². The molecule has 24 heavy (non-hydrogen) atoms. The van der Waals surface area contributed by atoms with Gasteiger partial charge in [-0.25, -0.2) is 4.39 Å². The van der Waals surface area contributed by atoms with Crippen LogP contribution >= 0.6 is 0 Å². The molecule has 0 radical (unpaired) electrons. The Bertz CT molecular complexity index is 582. The van der Waals surface area contributed by atoms with Gasteiger partial charge in [-0.3, -0.25) is 4.79 Å². The van der Waals surface area contributed by atoms with Crippen molar-refractivity contribution in [3.05, 3.63) is 11.4 Å². The monoisotopic (exact) mass is 334 g/mol. The molecule has 134 valence electrons. The van der Waals surface area contributed by atoms with E-state index in [1.165, 1.54) is 39.0 Å². The summed E-state index contributed by atoms with van der Waals surface area (Å²) in [6.45, 7) is 6.22. The summed E-state index contributed by atoms with van der Waals surface area (Å²) in [5, 5.41) is 0. The molecule has 0 heterocycles. The van der Waals surface area contributed by atoms with Crippen LogP contribution in [0.5, 0.6) is 0 Å². The van der Waals surface area contributed by atoms with Crippen molar-refractivity contribution in [2.45, 2.75) is 84.7 Å². The number of hydrogen-bond acceptors (Lipinski definition) is 2. The minimum Gasteiger partial charge on any atom is -0.462 e. The minimum absolute atomic E-state index is 0.00638. The van der Waals surface area contributed by atoms with Crippen LogP contribution in [-0.2, 0) is 9.53 Å². The zero-order valence-electron chi connectivity index (χ0n) is 15.4. The molecule has 4 aliphatic rings. The van der Waals surface area contributed by atoms with Gasteiger partial charge >= 0.3 is 5.97 Å². The van der Waals surface area contributed by atoms with Crippen LogP contribution in [0.3, 0.4) is 0 Å². The van der Waals surface area contributed by atoms with Gasteiger partial charge in [0.15, 0.2) is 0 Å². The van der Waals surface area contributed by atoms with Gasteiger partial charge in [-0.1, -0.05) is 20.3 Å². The van der Waals surface area contributed by atoms with Crippen LogP contribution in [-0.4, -0.2) is 12.1 Å². The van der Waals surface area contributed by atoms with E-state index in [9.17, 15) is 4.79 Å². The van der Waals surface area contributed by atoms with Gasteiger partial charge in [0, 0.05) is 19.8 Å². The largest absolute Gasteiger partial charge is 0.462 e. The first-order valence-corrected chi connectivity index (χ1v) is 9.89. The van der Waals surface area contributed by atoms with Crippen LogP contribution in [0.4, 0.5) is 4.39 Å². The Hall–Kier alpha value is -0.860. The number of fused-ring (bicyclic) bond motifs is 5. The summed E-state index contributed by atoms with van der Waals surface area (Å²) in [5.74, 6) is 1.77. The molecule has 4 rings (SSSR count). The quantitative estimate of drug-likeness (QED) is 0.586. The molecule has 0 unspecified atom stereocenters. The van der Waals surface area contributed by atoms with E-state index in [1.807, 2.05) is 0 Å². The fourth-order valence-electron chi connectivity index (χ4n) is 7.03. The van der Waals surface area contributed by atoms with E-state index < -0.39 is 0 Å². The van der Waals surface area contributed by atoms with E-state index in [0.717, 1.165) is 18.4 Å². The maximum absolute atomic E-state index is 15.2. The third kappa shape index (κ3) is 2.37. The number of ether oxygens (including phenoxy) is 1. The Morgan fingerprint density at radius 2 is 1.88 bits per heavy atom. The summed E-state index contributed by atoms with van der Waals surface area (Å²) in [6, 6.07) is 0. The van der Waals surface area contributed by atoms with Crippen LogP contribution in [0.25, 0.3) is 0 Å². The van der Waals surface area contributed by atoms with Gasteiger partial charge in [0.25, 0.3) is 0 Å². The van der Waals surface area contributed by atoms with Crippen molar-refractivity contribution < 1.29 is 13.9 Å². The Kier molecular flexibility index (Phi) is 3.85. The lowest BCUT2D eigenvalue weighted by atomic mass is 9.48. The Balaban J connectivity index is 1.64. The van der Waals surface area contributed by atoms with Crippen LogP contribution < -0.4 is 0 Å². The van der Waals surface area contributed by atoms with Gasteiger partial charge < -0.3 is 4.74 Å². The Morgan fingerprint density at radius 1 is 1.08 bits per heavy atom. The third-order valence-corrected chi connectivity index (χ3v) is 8.22. The standard InChI is InChI=1S/C21H31FO2/c1-13(23)24-14-6-10-21(3)17-7-9-20(2)8-4-5-16(20)15(17)12-19(22)18(21)11-14/h14-17H,4-12H2,1-3H3/t14-,15-,16-,17-,20+,21-/m1/s1. The minimum atomic E-state index is -0.238. The second-order valence-electron chi connectivity index (χ2n) is 9.44. The van der Waals surface area contributed by atoms with Crippen molar-refractivity contribution in [1.82, 2.24) is 0 Å². The molecule has 0 bridgehead atoms. The smallest absolute Gasteiger partial charge is 0.302 e. The van der Waals surface area contributed by atoms with E-state index in [0.29, 0.717) is 36.0 Å². The molecule has 0 aromatic rings. The van der Waals surface area contributed by atoms with E-state index in [-0.39, 0.29) is 23.3 Å². The first-order chi connectivity index (χ1) is 11.3. The molecule has 0 amide bonds. The molecular formula is C21H31FO2. The van der Waals surface area contributed by atoms with Gasteiger partial charge in [0.2, 0.25) is 0 Å². The van der Waals surface area contributed by atoms with E-state index >= 15 is 4.39 Å². The molecule has 4 aliphatic carbocycles. The molecule has 3 saturated carbocycles. The zero-order chi connectivity index (χ0) is 17.1. The molecule has 3 fully saturated rings. The molecule has 0 N–H and O–H groups in total. The fourth-order valence-corrected chi connectivity index (χ4v) is 7.03. The Morgan fingerprint density at radius 3 is 2.62 bits per heavy atom. The second-order valence-corrected chi connectivity index (χ2v) is 9.44. The summed E-state index contributed by atoms with van der Waals surface area (Å²) >= 11 is 0. The highest BCUT2D eigenvalue weighted by molar-refractivity contribution is 5.66. The maximum Gasteiger partial charge on any atom is 0.302 e. The molecule has 2 nitrogen and oxygen atoms in total. The third-order valence-electron chi connectivity index (χ3n) is 8.22. The first kappa shape index (κ1) is 16.6. The number of esters is 1. The van der Waals surface area contributed by atoms with Crippen molar-refractivity contribution in [2.75, 3.05) is 0 Å². The van der Waals surface area contributed by atoms with Crippen LogP contribution in [0.2, 0.25) is 0 Å². The number of allylic oxidation sites excluding steroid dienone is 1. The number of halogens is 1. The Labute approximate surface area is 145 Å². The van der Waals surface area contributed by atoms with Gasteiger partial charge in [-0.05, 0) is 72.7 Å². The number of carbonyl (C=O) groups is 1. The van der Waals surface area contributed by atoms with Gasteiger partial charge in [-0.15, -0.1) is 0 Å². The lowest BCUT2D eigenvalue weighted by molar-refractivity contribution is -0.148. The molecule has 0 aliphatic heterocycles. The molecule has 0 aromatic carbocycles. The van der Waals surface area contributed by atoms with Crippen LogP contribution in [0.1, 0.15) is 78.6 Å². The zero-order valence-corrected chi connectivity index (χ0v) is 15.4.